The average Bonchev–Trinajstić information content (AvgIpc) is 2.57. The lowest BCUT2D eigenvalue weighted by Crippen LogP contribution is -2.06. The van der Waals surface area contributed by atoms with E-state index in [-0.39, 0.29) is 0 Å². The lowest BCUT2D eigenvalue weighted by molar-refractivity contribution is 0.0449. The van der Waals surface area contributed by atoms with Crippen LogP contribution in [0.3, 0.4) is 0 Å². The fourth-order valence-corrected chi connectivity index (χ4v) is 3.21. The van der Waals surface area contributed by atoms with Crippen LogP contribution in [0, 0.1) is 0 Å². The number of alkyl halides is 1. The van der Waals surface area contributed by atoms with Gasteiger partial charge in [-0.25, -0.2) is 0 Å². The molecule has 0 heterocycles. The van der Waals surface area contributed by atoms with E-state index in [9.17, 15) is 0 Å². The van der Waals surface area contributed by atoms with Crippen molar-refractivity contribution in [2.24, 2.45) is 0 Å². The summed E-state index contributed by atoms with van der Waals surface area (Å²) < 4.78 is 12.5. The van der Waals surface area contributed by atoms with E-state index in [1.165, 1.54) is 94.3 Å². The standard InChI is InChI=1S/C20H41IO2/c1-2-3-4-5-6-7-8-9-11-14-17-22-19-20-23-18-15-12-10-13-16-21/h2-20H2,1H3. The molecule has 0 saturated carbocycles. The lowest BCUT2D eigenvalue weighted by atomic mass is 10.1. The summed E-state index contributed by atoms with van der Waals surface area (Å²) in [5.74, 6) is 0. The van der Waals surface area contributed by atoms with E-state index in [0.29, 0.717) is 0 Å². The second-order valence-corrected chi connectivity index (χ2v) is 7.59. The summed E-state index contributed by atoms with van der Waals surface area (Å²) in [4.78, 5) is 0. The highest BCUT2D eigenvalue weighted by Gasteiger charge is 1.94. The molecule has 0 unspecified atom stereocenters. The maximum absolute atomic E-state index is 5.62. The molecule has 23 heavy (non-hydrogen) atoms. The predicted molar refractivity (Wildman–Crippen MR) is 111 cm³/mol. The third kappa shape index (κ3) is 22.6. The Balaban J connectivity index is 2.92. The number of hydrogen-bond acceptors (Lipinski definition) is 2. The van der Waals surface area contributed by atoms with E-state index < -0.39 is 0 Å². The molecule has 3 heteroatoms. The van der Waals surface area contributed by atoms with Crippen LogP contribution in [0.4, 0.5) is 0 Å². The van der Waals surface area contributed by atoms with Crippen LogP contribution in [-0.2, 0) is 9.47 Å². The highest BCUT2D eigenvalue weighted by atomic mass is 127. The van der Waals surface area contributed by atoms with Gasteiger partial charge in [0.05, 0.1) is 13.2 Å². The van der Waals surface area contributed by atoms with Crippen LogP contribution in [-0.4, -0.2) is 30.9 Å². The van der Waals surface area contributed by atoms with Crippen molar-refractivity contribution in [1.29, 1.82) is 0 Å². The van der Waals surface area contributed by atoms with Crippen molar-refractivity contribution in [2.75, 3.05) is 30.9 Å². The first kappa shape index (κ1) is 23.6. The van der Waals surface area contributed by atoms with Gasteiger partial charge in [-0.1, -0.05) is 100 Å². The fraction of sp³-hybridized carbons (Fsp3) is 1.00. The molecule has 0 spiro atoms. The first-order valence-corrected chi connectivity index (χ1v) is 11.7. The van der Waals surface area contributed by atoms with Crippen molar-refractivity contribution in [3.63, 3.8) is 0 Å². The predicted octanol–water partition coefficient (Wildman–Crippen LogP) is 6.94. The summed E-state index contributed by atoms with van der Waals surface area (Å²) in [5, 5.41) is 0. The van der Waals surface area contributed by atoms with Crippen molar-refractivity contribution in [3.05, 3.63) is 0 Å². The Kier molecular flexibility index (Phi) is 23.3. The maximum Gasteiger partial charge on any atom is 0.0700 e. The van der Waals surface area contributed by atoms with Gasteiger partial charge in [-0.05, 0) is 23.7 Å². The molecule has 0 atom stereocenters. The van der Waals surface area contributed by atoms with E-state index in [1.807, 2.05) is 0 Å². The summed E-state index contributed by atoms with van der Waals surface area (Å²) in [6.45, 7) is 5.64. The number of unbranched alkanes of at least 4 members (excludes halogenated alkanes) is 12. The van der Waals surface area contributed by atoms with Crippen LogP contribution in [0.15, 0.2) is 0 Å². The summed E-state index contributed by atoms with van der Waals surface area (Å²) in [7, 11) is 0. The number of hydrogen-bond donors (Lipinski definition) is 0. The Labute approximate surface area is 159 Å². The molecule has 0 aliphatic carbocycles. The molecule has 2 nitrogen and oxygen atoms in total. The van der Waals surface area contributed by atoms with E-state index in [4.69, 9.17) is 9.47 Å². The largest absolute Gasteiger partial charge is 0.379 e. The molecule has 0 aromatic rings. The van der Waals surface area contributed by atoms with Gasteiger partial charge >= 0.3 is 0 Å². The zero-order chi connectivity index (χ0) is 16.8. The molecule has 0 aromatic carbocycles. The maximum atomic E-state index is 5.62. The normalized spacial score (nSPS) is 11.2. The Morgan fingerprint density at radius 2 is 0.870 bits per heavy atom. The SMILES string of the molecule is CCCCCCCCCCCCOCCOCCCCCCI. The topological polar surface area (TPSA) is 18.5 Å². The number of halogens is 1. The van der Waals surface area contributed by atoms with Gasteiger partial charge in [-0.2, -0.15) is 0 Å². The molecular formula is C20H41IO2. The highest BCUT2D eigenvalue weighted by molar-refractivity contribution is 14.1. The molecule has 0 N–H and O–H groups in total. The minimum absolute atomic E-state index is 0.768. The van der Waals surface area contributed by atoms with Gasteiger partial charge in [0.2, 0.25) is 0 Å². The van der Waals surface area contributed by atoms with Crippen LogP contribution in [0.2, 0.25) is 0 Å². The second-order valence-electron chi connectivity index (χ2n) is 6.51. The van der Waals surface area contributed by atoms with Gasteiger partial charge < -0.3 is 9.47 Å². The molecule has 0 amide bonds. The fourth-order valence-electron chi connectivity index (χ4n) is 2.67. The van der Waals surface area contributed by atoms with Gasteiger partial charge in [-0.15, -0.1) is 0 Å². The third-order valence-electron chi connectivity index (χ3n) is 4.19. The smallest absolute Gasteiger partial charge is 0.0700 e. The van der Waals surface area contributed by atoms with Crippen molar-refractivity contribution < 1.29 is 9.47 Å². The summed E-state index contributed by atoms with van der Waals surface area (Å²) in [6.07, 6.45) is 19.0. The molecule has 0 radical (unpaired) electrons. The van der Waals surface area contributed by atoms with Crippen LogP contribution in [0.5, 0.6) is 0 Å². The van der Waals surface area contributed by atoms with Crippen LogP contribution < -0.4 is 0 Å². The quantitative estimate of drug-likeness (QED) is 0.116. The summed E-state index contributed by atoms with van der Waals surface area (Å²) in [5.41, 5.74) is 0. The average molecular weight is 440 g/mol. The third-order valence-corrected chi connectivity index (χ3v) is 4.95. The van der Waals surface area contributed by atoms with E-state index >= 15 is 0 Å². The van der Waals surface area contributed by atoms with Gasteiger partial charge in [0.1, 0.15) is 0 Å². The van der Waals surface area contributed by atoms with Crippen LogP contribution >= 0.6 is 22.6 Å². The van der Waals surface area contributed by atoms with E-state index in [0.717, 1.165) is 26.4 Å². The van der Waals surface area contributed by atoms with Crippen molar-refractivity contribution in [3.8, 4) is 0 Å². The summed E-state index contributed by atoms with van der Waals surface area (Å²) >= 11 is 2.44. The first-order chi connectivity index (χ1) is 11.4. The molecule has 0 aliphatic rings. The van der Waals surface area contributed by atoms with Crippen molar-refractivity contribution >= 4 is 22.6 Å². The zero-order valence-corrected chi connectivity index (χ0v) is 17.8. The Hall–Kier alpha value is 0.650. The van der Waals surface area contributed by atoms with Gasteiger partial charge in [0.25, 0.3) is 0 Å². The summed E-state index contributed by atoms with van der Waals surface area (Å²) in [6, 6.07) is 0. The van der Waals surface area contributed by atoms with E-state index in [2.05, 4.69) is 29.5 Å². The van der Waals surface area contributed by atoms with Crippen molar-refractivity contribution in [1.82, 2.24) is 0 Å². The minimum Gasteiger partial charge on any atom is -0.379 e. The molecule has 0 saturated heterocycles. The van der Waals surface area contributed by atoms with Crippen molar-refractivity contribution in [2.45, 2.75) is 96.8 Å². The molecule has 140 valence electrons. The van der Waals surface area contributed by atoms with Crippen LogP contribution in [0.25, 0.3) is 0 Å². The second kappa shape index (κ2) is 22.6. The molecule has 0 bridgehead atoms. The van der Waals surface area contributed by atoms with Gasteiger partial charge in [-0.3, -0.25) is 0 Å². The molecule has 0 fully saturated rings. The van der Waals surface area contributed by atoms with Gasteiger partial charge in [0.15, 0.2) is 0 Å². The number of ether oxygens (including phenoxy) is 2. The molecule has 0 aliphatic heterocycles. The monoisotopic (exact) mass is 440 g/mol. The minimum atomic E-state index is 0.768. The van der Waals surface area contributed by atoms with Gasteiger partial charge in [0, 0.05) is 13.2 Å². The Bertz CT molecular complexity index is 180. The zero-order valence-electron chi connectivity index (χ0n) is 15.6. The first-order valence-electron chi connectivity index (χ1n) is 10.1. The molecule has 0 aromatic heterocycles. The van der Waals surface area contributed by atoms with Crippen LogP contribution in [0.1, 0.15) is 96.8 Å². The number of rotatable bonds is 20. The molecule has 0 rings (SSSR count). The lowest BCUT2D eigenvalue weighted by Gasteiger charge is -2.06. The Morgan fingerprint density at radius 3 is 1.30 bits per heavy atom. The van der Waals surface area contributed by atoms with E-state index in [1.54, 1.807) is 0 Å². The highest BCUT2D eigenvalue weighted by Crippen LogP contribution is 2.10. The Morgan fingerprint density at radius 1 is 0.478 bits per heavy atom. The molecular weight excluding hydrogens is 399 g/mol.